The minimum atomic E-state index is -0.801. The summed E-state index contributed by atoms with van der Waals surface area (Å²) in [5.41, 5.74) is 1.99. The van der Waals surface area contributed by atoms with E-state index in [4.69, 9.17) is 0 Å². The van der Waals surface area contributed by atoms with Crippen molar-refractivity contribution in [3.05, 3.63) is 35.4 Å². The normalized spacial score (nSPS) is 25.6. The van der Waals surface area contributed by atoms with Gasteiger partial charge in [-0.2, -0.15) is 0 Å². The third-order valence-electron chi connectivity index (χ3n) is 5.03. The summed E-state index contributed by atoms with van der Waals surface area (Å²) in [5, 5.41) is 9.22. The van der Waals surface area contributed by atoms with Gasteiger partial charge in [-0.3, -0.25) is 9.59 Å². The zero-order chi connectivity index (χ0) is 15.7. The second kappa shape index (κ2) is 6.11. The summed E-state index contributed by atoms with van der Waals surface area (Å²) in [4.78, 5) is 25.5. The number of hydrogen-bond donors (Lipinski definition) is 1. The van der Waals surface area contributed by atoms with Gasteiger partial charge in [-0.25, -0.2) is 0 Å². The van der Waals surface area contributed by atoms with Crippen molar-refractivity contribution in [1.82, 2.24) is 4.90 Å². The highest BCUT2D eigenvalue weighted by atomic mass is 16.4. The fraction of sp³-hybridized carbons (Fsp3) is 0.556. The lowest BCUT2D eigenvalue weighted by molar-refractivity contribution is -0.143. The average molecular weight is 301 g/mol. The lowest BCUT2D eigenvalue weighted by Crippen LogP contribution is -2.45. The van der Waals surface area contributed by atoms with Gasteiger partial charge in [0.25, 0.3) is 5.91 Å². The molecule has 0 radical (unpaired) electrons. The third kappa shape index (κ3) is 3.01. The number of carboxylic acids is 1. The van der Waals surface area contributed by atoms with E-state index in [1.807, 2.05) is 19.1 Å². The van der Waals surface area contributed by atoms with Crippen LogP contribution in [0.2, 0.25) is 0 Å². The molecule has 1 aliphatic carbocycles. The molecule has 2 atom stereocenters. The highest BCUT2D eigenvalue weighted by Gasteiger charge is 2.32. The van der Waals surface area contributed by atoms with Crippen LogP contribution in [-0.4, -0.2) is 35.0 Å². The van der Waals surface area contributed by atoms with Crippen LogP contribution in [0.15, 0.2) is 24.3 Å². The third-order valence-corrected chi connectivity index (χ3v) is 5.03. The molecule has 4 heteroatoms. The van der Waals surface area contributed by atoms with Crippen molar-refractivity contribution >= 4 is 11.9 Å². The predicted molar refractivity (Wildman–Crippen MR) is 83.8 cm³/mol. The maximum atomic E-state index is 12.6. The number of amides is 1. The van der Waals surface area contributed by atoms with Crippen LogP contribution in [0.1, 0.15) is 54.4 Å². The van der Waals surface area contributed by atoms with Crippen molar-refractivity contribution in [2.24, 2.45) is 11.8 Å². The summed E-state index contributed by atoms with van der Waals surface area (Å²) in [6.07, 6.45) is 4.45. The molecule has 1 aromatic rings. The van der Waals surface area contributed by atoms with Crippen LogP contribution in [0, 0.1) is 11.8 Å². The van der Waals surface area contributed by atoms with Crippen molar-refractivity contribution in [2.45, 2.75) is 38.5 Å². The molecule has 1 N–H and O–H groups in total. The summed E-state index contributed by atoms with van der Waals surface area (Å²) in [6.45, 7) is 2.98. The number of carbonyl (C=O) groups is 2. The first-order chi connectivity index (χ1) is 10.5. The van der Waals surface area contributed by atoms with Crippen molar-refractivity contribution in [2.75, 3.05) is 13.1 Å². The quantitative estimate of drug-likeness (QED) is 0.933. The van der Waals surface area contributed by atoms with E-state index < -0.39 is 11.9 Å². The van der Waals surface area contributed by atoms with Crippen LogP contribution in [0.25, 0.3) is 0 Å². The Kier molecular flexibility index (Phi) is 4.19. The molecule has 0 aromatic heterocycles. The molecular weight excluding hydrogens is 278 g/mol. The lowest BCUT2D eigenvalue weighted by atomic mass is 9.80. The summed E-state index contributed by atoms with van der Waals surface area (Å²) in [5.74, 6) is -0.395. The second-order valence-electron chi connectivity index (χ2n) is 6.84. The SMILES string of the molecule is CC1CC(C(=O)O)CN(C(=O)c2ccc(C3CCC3)cc2)C1. The van der Waals surface area contributed by atoms with Crippen LogP contribution >= 0.6 is 0 Å². The largest absolute Gasteiger partial charge is 0.481 e. The smallest absolute Gasteiger partial charge is 0.308 e. The topological polar surface area (TPSA) is 57.6 Å². The average Bonchev–Trinajstić information content (AvgIpc) is 2.45. The maximum absolute atomic E-state index is 12.6. The molecule has 4 nitrogen and oxygen atoms in total. The van der Waals surface area contributed by atoms with Gasteiger partial charge in [0, 0.05) is 18.7 Å². The standard InChI is InChI=1S/C18H23NO3/c1-12-9-16(18(21)22)11-19(10-12)17(20)15-7-5-14(6-8-15)13-3-2-4-13/h5-8,12-13,16H,2-4,9-11H2,1H3,(H,21,22). The van der Waals surface area contributed by atoms with Crippen LogP contribution in [0.4, 0.5) is 0 Å². The van der Waals surface area contributed by atoms with Crippen LogP contribution in [-0.2, 0) is 4.79 Å². The Bertz CT molecular complexity index is 562. The van der Waals surface area contributed by atoms with Gasteiger partial charge in [-0.15, -0.1) is 0 Å². The number of piperidine rings is 1. The highest BCUT2D eigenvalue weighted by molar-refractivity contribution is 5.94. The van der Waals surface area contributed by atoms with E-state index in [-0.39, 0.29) is 11.8 Å². The number of hydrogen-bond acceptors (Lipinski definition) is 2. The maximum Gasteiger partial charge on any atom is 0.308 e. The molecule has 1 aromatic carbocycles. The van der Waals surface area contributed by atoms with Crippen LogP contribution < -0.4 is 0 Å². The lowest BCUT2D eigenvalue weighted by Gasteiger charge is -2.34. The Balaban J connectivity index is 1.70. The first kappa shape index (κ1) is 15.1. The number of likely N-dealkylation sites (tertiary alicyclic amines) is 1. The van der Waals surface area contributed by atoms with Gasteiger partial charge in [0.2, 0.25) is 0 Å². The van der Waals surface area contributed by atoms with Crippen LogP contribution in [0.3, 0.4) is 0 Å². The molecule has 2 fully saturated rings. The molecule has 1 saturated heterocycles. The van der Waals surface area contributed by atoms with E-state index >= 15 is 0 Å². The molecule has 1 saturated carbocycles. The van der Waals surface area contributed by atoms with E-state index in [2.05, 4.69) is 12.1 Å². The molecule has 1 heterocycles. The fourth-order valence-electron chi connectivity index (χ4n) is 3.52. The predicted octanol–water partition coefficient (Wildman–Crippen LogP) is 3.14. The number of aliphatic carboxylic acids is 1. The summed E-state index contributed by atoms with van der Waals surface area (Å²) < 4.78 is 0. The van der Waals surface area contributed by atoms with Gasteiger partial charge >= 0.3 is 5.97 Å². The molecule has 2 unspecified atom stereocenters. The molecule has 3 rings (SSSR count). The van der Waals surface area contributed by atoms with Gasteiger partial charge in [0.15, 0.2) is 0 Å². The summed E-state index contributed by atoms with van der Waals surface area (Å²) in [6, 6.07) is 7.90. The Hall–Kier alpha value is -1.84. The Labute approximate surface area is 131 Å². The van der Waals surface area contributed by atoms with Crippen molar-refractivity contribution in [3.8, 4) is 0 Å². The zero-order valence-electron chi connectivity index (χ0n) is 13.0. The Morgan fingerprint density at radius 1 is 1.14 bits per heavy atom. The molecule has 0 spiro atoms. The Morgan fingerprint density at radius 3 is 2.36 bits per heavy atom. The number of carbonyl (C=O) groups excluding carboxylic acids is 1. The highest BCUT2D eigenvalue weighted by Crippen LogP contribution is 2.36. The molecule has 1 amide bonds. The Morgan fingerprint density at radius 2 is 1.82 bits per heavy atom. The first-order valence-corrected chi connectivity index (χ1v) is 8.16. The molecular formula is C18H23NO3. The number of nitrogens with zero attached hydrogens (tertiary/aromatic N) is 1. The minimum Gasteiger partial charge on any atom is -0.481 e. The molecule has 2 aliphatic rings. The van der Waals surface area contributed by atoms with E-state index in [0.29, 0.717) is 31.0 Å². The van der Waals surface area contributed by atoms with Gasteiger partial charge < -0.3 is 10.0 Å². The zero-order valence-corrected chi connectivity index (χ0v) is 13.0. The number of benzene rings is 1. The van der Waals surface area contributed by atoms with E-state index in [0.717, 1.165) is 0 Å². The monoisotopic (exact) mass is 301 g/mol. The molecule has 118 valence electrons. The van der Waals surface area contributed by atoms with Gasteiger partial charge in [0.05, 0.1) is 5.92 Å². The first-order valence-electron chi connectivity index (χ1n) is 8.16. The minimum absolute atomic E-state index is 0.0436. The molecule has 0 bridgehead atoms. The number of rotatable bonds is 3. The van der Waals surface area contributed by atoms with Gasteiger partial charge in [0.1, 0.15) is 0 Å². The molecule has 22 heavy (non-hydrogen) atoms. The summed E-state index contributed by atoms with van der Waals surface area (Å²) >= 11 is 0. The van der Waals surface area contributed by atoms with Crippen molar-refractivity contribution in [1.29, 1.82) is 0 Å². The van der Waals surface area contributed by atoms with Gasteiger partial charge in [-0.1, -0.05) is 25.5 Å². The van der Waals surface area contributed by atoms with Gasteiger partial charge in [-0.05, 0) is 48.8 Å². The molecule has 1 aliphatic heterocycles. The fourth-order valence-corrected chi connectivity index (χ4v) is 3.52. The van der Waals surface area contributed by atoms with E-state index in [9.17, 15) is 14.7 Å². The van der Waals surface area contributed by atoms with Crippen LogP contribution in [0.5, 0.6) is 0 Å². The van der Waals surface area contributed by atoms with E-state index in [1.165, 1.54) is 24.8 Å². The second-order valence-corrected chi connectivity index (χ2v) is 6.84. The van der Waals surface area contributed by atoms with Crippen molar-refractivity contribution < 1.29 is 14.7 Å². The summed E-state index contributed by atoms with van der Waals surface area (Å²) in [7, 11) is 0. The van der Waals surface area contributed by atoms with E-state index in [1.54, 1.807) is 4.90 Å². The van der Waals surface area contributed by atoms with Crippen molar-refractivity contribution in [3.63, 3.8) is 0 Å². The number of carboxylic acid groups (broad SMARTS) is 1.